The fraction of sp³-hybridized carbons (Fsp3) is 0.148. The molecule has 10 nitrogen and oxygen atoms in total. The van der Waals surface area contributed by atoms with Crippen LogP contribution in [0.4, 0.5) is 5.69 Å². The van der Waals surface area contributed by atoms with Crippen LogP contribution in [0.25, 0.3) is 56.0 Å². The SMILES string of the molecule is CC(C)(C)C(=O)Nc1cncc(-c2ccc3[nH]nc(-c4nc5c(-c6cccnc6)cncc5[nH]4)c3n2)c1. The molecule has 0 bridgehead atoms. The van der Waals surface area contributed by atoms with E-state index in [2.05, 4.69) is 35.5 Å². The predicted octanol–water partition coefficient (Wildman–Crippen LogP) is 5.00. The van der Waals surface area contributed by atoms with Gasteiger partial charge in [-0.15, -0.1) is 0 Å². The van der Waals surface area contributed by atoms with E-state index in [9.17, 15) is 4.79 Å². The first kappa shape index (κ1) is 22.5. The maximum atomic E-state index is 12.4. The second-order valence-electron chi connectivity index (χ2n) is 9.74. The number of H-pyrrole nitrogens is 2. The lowest BCUT2D eigenvalue weighted by Gasteiger charge is -2.17. The number of carbonyl (C=O) groups excluding carboxylic acids is 1. The molecule has 0 fully saturated rings. The van der Waals surface area contributed by atoms with Crippen molar-refractivity contribution in [3.05, 3.63) is 67.5 Å². The molecule has 0 spiro atoms. The van der Waals surface area contributed by atoms with Gasteiger partial charge in [-0.3, -0.25) is 24.8 Å². The molecule has 0 aromatic carbocycles. The van der Waals surface area contributed by atoms with Crippen molar-refractivity contribution in [3.63, 3.8) is 0 Å². The normalized spacial score (nSPS) is 11.8. The second-order valence-corrected chi connectivity index (χ2v) is 9.74. The summed E-state index contributed by atoms with van der Waals surface area (Å²) >= 11 is 0. The van der Waals surface area contributed by atoms with E-state index >= 15 is 0 Å². The van der Waals surface area contributed by atoms with Gasteiger partial charge in [-0.05, 0) is 24.3 Å². The van der Waals surface area contributed by atoms with Gasteiger partial charge in [0, 0.05) is 46.9 Å². The number of hydrogen-bond acceptors (Lipinski definition) is 7. The van der Waals surface area contributed by atoms with Gasteiger partial charge in [-0.25, -0.2) is 9.97 Å². The number of nitrogens with one attached hydrogen (secondary N) is 3. The first-order chi connectivity index (χ1) is 17.9. The first-order valence-corrected chi connectivity index (χ1v) is 11.7. The number of nitrogens with zero attached hydrogens (tertiary/aromatic N) is 6. The highest BCUT2D eigenvalue weighted by Gasteiger charge is 2.22. The number of carbonyl (C=O) groups is 1. The Morgan fingerprint density at radius 2 is 1.70 bits per heavy atom. The lowest BCUT2D eigenvalue weighted by molar-refractivity contribution is -0.123. The Morgan fingerprint density at radius 1 is 0.865 bits per heavy atom. The lowest BCUT2D eigenvalue weighted by atomic mass is 9.95. The number of anilines is 1. The molecular formula is C27H23N9O. The summed E-state index contributed by atoms with van der Waals surface area (Å²) in [5, 5.41) is 10.5. The van der Waals surface area contributed by atoms with E-state index in [1.165, 1.54) is 0 Å². The number of amides is 1. The summed E-state index contributed by atoms with van der Waals surface area (Å²) in [6.45, 7) is 5.59. The van der Waals surface area contributed by atoms with Gasteiger partial charge in [0.1, 0.15) is 11.0 Å². The van der Waals surface area contributed by atoms with Crippen LogP contribution in [0.5, 0.6) is 0 Å². The quantitative estimate of drug-likeness (QED) is 0.317. The van der Waals surface area contributed by atoms with Crippen molar-refractivity contribution in [3.8, 4) is 33.9 Å². The van der Waals surface area contributed by atoms with E-state index in [4.69, 9.17) is 9.97 Å². The minimum atomic E-state index is -0.516. The maximum absolute atomic E-state index is 12.4. The number of pyridine rings is 4. The molecule has 0 aliphatic rings. The van der Waals surface area contributed by atoms with Crippen molar-refractivity contribution >= 4 is 33.7 Å². The summed E-state index contributed by atoms with van der Waals surface area (Å²) in [6.07, 6.45) is 10.4. The van der Waals surface area contributed by atoms with Gasteiger partial charge in [0.2, 0.25) is 5.91 Å². The van der Waals surface area contributed by atoms with E-state index in [-0.39, 0.29) is 5.91 Å². The summed E-state index contributed by atoms with van der Waals surface area (Å²) in [7, 11) is 0. The van der Waals surface area contributed by atoms with Crippen LogP contribution in [0.3, 0.4) is 0 Å². The van der Waals surface area contributed by atoms with Crippen LogP contribution in [-0.4, -0.2) is 46.0 Å². The Morgan fingerprint density at radius 3 is 2.51 bits per heavy atom. The van der Waals surface area contributed by atoms with Crippen LogP contribution in [0.15, 0.2) is 67.5 Å². The van der Waals surface area contributed by atoms with E-state index in [1.807, 2.05) is 51.1 Å². The van der Waals surface area contributed by atoms with Crippen molar-refractivity contribution < 1.29 is 4.79 Å². The molecule has 1 amide bonds. The summed E-state index contributed by atoms with van der Waals surface area (Å²) < 4.78 is 0. The zero-order valence-corrected chi connectivity index (χ0v) is 20.4. The Labute approximate surface area is 211 Å². The standard InChI is InChI=1S/C27H23N9O/c1-27(2,3)26(37)31-17-9-16(11-29-12-17)19-6-7-20-23(32-19)24(36-35-20)25-33-21-14-30-13-18(22(21)34-25)15-5-4-8-28-10-15/h4-14H,1-3H3,(H,31,37)(H,33,34)(H,35,36). The fourth-order valence-electron chi connectivity index (χ4n) is 3.97. The predicted molar refractivity (Wildman–Crippen MR) is 141 cm³/mol. The fourth-order valence-corrected chi connectivity index (χ4v) is 3.97. The molecule has 0 atom stereocenters. The molecule has 37 heavy (non-hydrogen) atoms. The highest BCUT2D eigenvalue weighted by Crippen LogP contribution is 2.31. The summed E-state index contributed by atoms with van der Waals surface area (Å²) in [5.41, 5.74) is 6.96. The van der Waals surface area contributed by atoms with Crippen LogP contribution in [0, 0.1) is 5.41 Å². The summed E-state index contributed by atoms with van der Waals surface area (Å²) in [4.78, 5) is 38.4. The van der Waals surface area contributed by atoms with Gasteiger partial charge in [0.05, 0.1) is 34.8 Å². The molecule has 10 heteroatoms. The second kappa shape index (κ2) is 8.59. The summed E-state index contributed by atoms with van der Waals surface area (Å²) in [5.74, 6) is 0.491. The molecule has 182 valence electrons. The third-order valence-corrected chi connectivity index (χ3v) is 5.97. The van der Waals surface area contributed by atoms with Crippen LogP contribution in [-0.2, 0) is 4.79 Å². The van der Waals surface area contributed by atoms with Crippen molar-refractivity contribution in [2.75, 3.05) is 5.32 Å². The van der Waals surface area contributed by atoms with Gasteiger partial charge >= 0.3 is 0 Å². The van der Waals surface area contributed by atoms with Crippen LogP contribution < -0.4 is 5.32 Å². The summed E-state index contributed by atoms with van der Waals surface area (Å²) in [6, 6.07) is 9.52. The van der Waals surface area contributed by atoms with Crippen molar-refractivity contribution in [2.45, 2.75) is 20.8 Å². The van der Waals surface area contributed by atoms with E-state index < -0.39 is 5.41 Å². The molecule has 0 saturated carbocycles. The number of fused-ring (bicyclic) bond motifs is 2. The minimum Gasteiger partial charge on any atom is -0.335 e. The topological polar surface area (TPSA) is 138 Å². The van der Waals surface area contributed by atoms with Crippen molar-refractivity contribution in [1.29, 1.82) is 0 Å². The monoisotopic (exact) mass is 489 g/mol. The number of imidazole rings is 1. The molecule has 0 unspecified atom stereocenters. The Kier molecular flexibility index (Phi) is 5.22. The van der Waals surface area contributed by atoms with Gasteiger partial charge < -0.3 is 10.3 Å². The highest BCUT2D eigenvalue weighted by molar-refractivity contribution is 5.96. The van der Waals surface area contributed by atoms with E-state index in [0.29, 0.717) is 28.4 Å². The highest BCUT2D eigenvalue weighted by atomic mass is 16.2. The molecule has 0 saturated heterocycles. The zero-order chi connectivity index (χ0) is 25.6. The Balaban J connectivity index is 1.40. The third kappa shape index (κ3) is 4.18. The lowest BCUT2D eigenvalue weighted by Crippen LogP contribution is -2.27. The molecule has 6 aromatic heterocycles. The Hall–Kier alpha value is -4.99. The van der Waals surface area contributed by atoms with Crippen LogP contribution >= 0.6 is 0 Å². The first-order valence-electron chi connectivity index (χ1n) is 11.7. The number of rotatable bonds is 4. The van der Waals surface area contributed by atoms with Crippen LogP contribution in [0.2, 0.25) is 0 Å². The molecule has 6 rings (SSSR count). The minimum absolute atomic E-state index is 0.0861. The molecule has 6 heterocycles. The van der Waals surface area contributed by atoms with Gasteiger partial charge in [-0.1, -0.05) is 26.8 Å². The van der Waals surface area contributed by atoms with Gasteiger partial charge in [-0.2, -0.15) is 5.10 Å². The zero-order valence-electron chi connectivity index (χ0n) is 20.4. The number of hydrogen-bond donors (Lipinski definition) is 3. The number of aromatic nitrogens is 8. The molecule has 0 aliphatic heterocycles. The van der Waals surface area contributed by atoms with Crippen molar-refractivity contribution in [1.82, 2.24) is 40.1 Å². The maximum Gasteiger partial charge on any atom is 0.229 e. The Bertz CT molecular complexity index is 1760. The molecule has 0 radical (unpaired) electrons. The smallest absolute Gasteiger partial charge is 0.229 e. The van der Waals surface area contributed by atoms with E-state index in [1.54, 1.807) is 37.2 Å². The van der Waals surface area contributed by atoms with Gasteiger partial charge in [0.25, 0.3) is 0 Å². The largest absolute Gasteiger partial charge is 0.335 e. The van der Waals surface area contributed by atoms with E-state index in [0.717, 1.165) is 33.2 Å². The van der Waals surface area contributed by atoms with Crippen LogP contribution in [0.1, 0.15) is 20.8 Å². The van der Waals surface area contributed by atoms with Crippen molar-refractivity contribution in [2.24, 2.45) is 5.41 Å². The molecule has 0 aliphatic carbocycles. The molecular weight excluding hydrogens is 466 g/mol. The molecule has 3 N–H and O–H groups in total. The molecule has 6 aromatic rings. The van der Waals surface area contributed by atoms with Gasteiger partial charge in [0.15, 0.2) is 11.5 Å². The third-order valence-electron chi connectivity index (χ3n) is 5.97. The number of aromatic amines is 2. The average molecular weight is 490 g/mol. The average Bonchev–Trinajstić information content (AvgIpc) is 3.52.